The molecule has 0 saturated heterocycles. The van der Waals surface area contributed by atoms with Gasteiger partial charge >= 0.3 is 12.4 Å². The topological polar surface area (TPSA) is 102 Å². The fourth-order valence-electron chi connectivity index (χ4n) is 2.86. The van der Waals surface area contributed by atoms with Crippen LogP contribution >= 0.6 is 0 Å². The highest BCUT2D eigenvalue weighted by molar-refractivity contribution is 7.95. The summed E-state index contributed by atoms with van der Waals surface area (Å²) in [5, 5.41) is 3.53. The number of fused-ring (bicyclic) bond motifs is 1. The lowest BCUT2D eigenvalue weighted by Gasteiger charge is -2.16. The van der Waals surface area contributed by atoms with Crippen LogP contribution < -0.4 is 5.43 Å². The zero-order chi connectivity index (χ0) is 23.9. The summed E-state index contributed by atoms with van der Waals surface area (Å²) >= 11 is 0. The highest BCUT2D eigenvalue weighted by atomic mass is 32.2. The third-order valence-electron chi connectivity index (χ3n) is 4.45. The van der Waals surface area contributed by atoms with E-state index in [1.54, 1.807) is 0 Å². The molecule has 0 aromatic carbocycles. The molecule has 0 aliphatic carbocycles. The molecule has 15 heteroatoms. The summed E-state index contributed by atoms with van der Waals surface area (Å²) in [4.78, 5) is 11.6. The van der Waals surface area contributed by atoms with Gasteiger partial charge in [-0.3, -0.25) is 0 Å². The van der Waals surface area contributed by atoms with E-state index in [4.69, 9.17) is 0 Å². The molecule has 0 radical (unpaired) electrons. The summed E-state index contributed by atoms with van der Waals surface area (Å²) in [6, 6.07) is 0.779. The fraction of sp³-hybridized carbons (Fsp3) is 0.412. The van der Waals surface area contributed by atoms with Gasteiger partial charge in [0.2, 0.25) is 0 Å². The lowest BCUT2D eigenvalue weighted by Crippen LogP contribution is -2.27. The summed E-state index contributed by atoms with van der Waals surface area (Å²) in [6.07, 6.45) is -7.84. The number of hydrazone groups is 1. The predicted molar refractivity (Wildman–Crippen MR) is 104 cm³/mol. The van der Waals surface area contributed by atoms with Crippen LogP contribution in [-0.2, 0) is 23.1 Å². The molecule has 0 saturated carbocycles. The Hall–Kier alpha value is -2.97. The molecule has 1 aliphatic rings. The zero-order valence-corrected chi connectivity index (χ0v) is 17.4. The van der Waals surface area contributed by atoms with Crippen molar-refractivity contribution < 1.29 is 34.8 Å². The standard InChI is InChI=1S/C17H16F6N6O2S/c1-3-32(30,31)12-5-10(28-26-8-16(18,19)20)7-24-13(12)15-27-11-4-9(17(21,22)23)6-25-14(11)29(15)2/h4,6-7,26H,3,5,8H2,1-2H3. The number of halogens is 6. The van der Waals surface area contributed by atoms with Crippen molar-refractivity contribution in [1.82, 2.24) is 20.0 Å². The molecule has 0 unspecified atom stereocenters. The van der Waals surface area contributed by atoms with E-state index in [2.05, 4.69) is 20.1 Å². The first-order valence-corrected chi connectivity index (χ1v) is 10.6. The fourth-order valence-corrected chi connectivity index (χ4v) is 4.02. The first-order valence-electron chi connectivity index (χ1n) is 8.99. The van der Waals surface area contributed by atoms with Gasteiger partial charge in [-0.1, -0.05) is 6.92 Å². The van der Waals surface area contributed by atoms with Crippen LogP contribution in [0.15, 0.2) is 27.3 Å². The van der Waals surface area contributed by atoms with Crippen LogP contribution in [0.5, 0.6) is 0 Å². The maximum atomic E-state index is 13.0. The van der Waals surface area contributed by atoms with E-state index in [-0.39, 0.29) is 45.5 Å². The second kappa shape index (κ2) is 8.18. The Morgan fingerprint density at radius 3 is 2.50 bits per heavy atom. The Balaban J connectivity index is 2.08. The number of alkyl halides is 6. The molecule has 1 N–H and O–H groups in total. The monoisotopic (exact) mass is 482 g/mol. The number of rotatable bonds is 5. The largest absolute Gasteiger partial charge is 0.417 e. The van der Waals surface area contributed by atoms with Gasteiger partial charge in [0.1, 0.15) is 17.8 Å². The van der Waals surface area contributed by atoms with Crippen LogP contribution in [0, 0.1) is 0 Å². The van der Waals surface area contributed by atoms with E-state index in [0.717, 1.165) is 12.3 Å². The van der Waals surface area contributed by atoms with Crippen molar-refractivity contribution in [3.05, 3.63) is 28.6 Å². The van der Waals surface area contributed by atoms with Crippen molar-refractivity contribution in [1.29, 1.82) is 0 Å². The second-order valence-corrected chi connectivity index (χ2v) is 9.02. The molecule has 32 heavy (non-hydrogen) atoms. The molecule has 0 bridgehead atoms. The second-order valence-electron chi connectivity index (χ2n) is 6.72. The number of hydrogen-bond donors (Lipinski definition) is 1. The molecule has 2 aromatic heterocycles. The highest BCUT2D eigenvalue weighted by Gasteiger charge is 2.33. The van der Waals surface area contributed by atoms with Gasteiger partial charge in [0.25, 0.3) is 0 Å². The minimum atomic E-state index is -4.65. The van der Waals surface area contributed by atoms with Crippen LogP contribution in [0.1, 0.15) is 24.7 Å². The number of aryl methyl sites for hydroxylation is 1. The Labute approximate surface area is 177 Å². The van der Waals surface area contributed by atoms with Crippen LogP contribution in [0.25, 0.3) is 16.9 Å². The number of nitrogens with zero attached hydrogens (tertiary/aromatic N) is 5. The Morgan fingerprint density at radius 1 is 1.22 bits per heavy atom. The van der Waals surface area contributed by atoms with Gasteiger partial charge in [-0.15, -0.1) is 0 Å². The quantitative estimate of drug-likeness (QED) is 0.522. The van der Waals surface area contributed by atoms with Crippen LogP contribution in [0.4, 0.5) is 26.3 Å². The van der Waals surface area contributed by atoms with Crippen molar-refractivity contribution in [2.75, 3.05) is 12.3 Å². The molecule has 174 valence electrons. The maximum absolute atomic E-state index is 13.0. The zero-order valence-electron chi connectivity index (χ0n) is 16.6. The number of allylic oxidation sites excluding steroid dienone is 1. The molecule has 0 amide bonds. The minimum absolute atomic E-state index is 0.0580. The van der Waals surface area contributed by atoms with E-state index in [9.17, 15) is 34.8 Å². The Bertz CT molecular complexity index is 1240. The minimum Gasteiger partial charge on any atom is -0.310 e. The first kappa shape index (κ1) is 23.7. The summed E-state index contributed by atoms with van der Waals surface area (Å²) < 4.78 is 102. The molecule has 1 aliphatic heterocycles. The summed E-state index contributed by atoms with van der Waals surface area (Å²) in [7, 11) is -2.48. The summed E-state index contributed by atoms with van der Waals surface area (Å²) in [5.41, 5.74) is 0.513. The van der Waals surface area contributed by atoms with Gasteiger partial charge in [0, 0.05) is 19.7 Å². The number of sulfone groups is 1. The molecule has 2 aromatic rings. The third kappa shape index (κ3) is 4.92. The molecule has 3 rings (SSSR count). The smallest absolute Gasteiger partial charge is 0.310 e. The molecule has 8 nitrogen and oxygen atoms in total. The number of imidazole rings is 1. The normalized spacial score (nSPS) is 16.9. The maximum Gasteiger partial charge on any atom is 0.417 e. The molecule has 0 spiro atoms. The lowest BCUT2D eigenvalue weighted by molar-refractivity contribution is -0.137. The number of aromatic nitrogens is 3. The van der Waals surface area contributed by atoms with Gasteiger partial charge in [-0.05, 0) is 6.07 Å². The van der Waals surface area contributed by atoms with Crippen molar-refractivity contribution in [3.63, 3.8) is 0 Å². The molecule has 3 heterocycles. The van der Waals surface area contributed by atoms with Gasteiger partial charge < -0.3 is 9.99 Å². The van der Waals surface area contributed by atoms with E-state index in [1.807, 2.05) is 5.43 Å². The van der Waals surface area contributed by atoms with Crippen molar-refractivity contribution in [2.45, 2.75) is 25.7 Å². The van der Waals surface area contributed by atoms with Crippen molar-refractivity contribution >= 4 is 38.6 Å². The van der Waals surface area contributed by atoms with Gasteiger partial charge in [0.05, 0.1) is 28.1 Å². The van der Waals surface area contributed by atoms with Crippen LogP contribution in [0.3, 0.4) is 0 Å². The molecule has 0 atom stereocenters. The van der Waals surface area contributed by atoms with Gasteiger partial charge in [-0.2, -0.15) is 31.4 Å². The van der Waals surface area contributed by atoms with E-state index in [1.165, 1.54) is 18.5 Å². The summed E-state index contributed by atoms with van der Waals surface area (Å²) in [5.74, 6) is -0.400. The third-order valence-corrected chi connectivity index (χ3v) is 6.30. The van der Waals surface area contributed by atoms with Crippen molar-refractivity contribution in [2.24, 2.45) is 17.1 Å². The molecular weight excluding hydrogens is 466 g/mol. The van der Waals surface area contributed by atoms with E-state index in [0.29, 0.717) is 6.20 Å². The van der Waals surface area contributed by atoms with E-state index < -0.39 is 34.3 Å². The molecule has 0 fully saturated rings. The number of aliphatic imine (C=N–C) groups is 1. The number of pyridine rings is 1. The Morgan fingerprint density at radius 2 is 1.91 bits per heavy atom. The average Bonchev–Trinajstić information content (AvgIpc) is 3.02. The van der Waals surface area contributed by atoms with Crippen molar-refractivity contribution in [3.8, 4) is 0 Å². The van der Waals surface area contributed by atoms with E-state index >= 15 is 0 Å². The molecular formula is C17H16F6N6O2S. The predicted octanol–water partition coefficient (Wildman–Crippen LogP) is 3.07. The number of nitrogens with one attached hydrogen (secondary N) is 1. The highest BCUT2D eigenvalue weighted by Crippen LogP contribution is 2.33. The van der Waals surface area contributed by atoms with Crippen LogP contribution in [-0.4, -0.2) is 53.4 Å². The summed E-state index contributed by atoms with van der Waals surface area (Å²) in [6.45, 7) is -0.0577. The number of hydrogen-bond acceptors (Lipinski definition) is 7. The van der Waals surface area contributed by atoms with Gasteiger partial charge in [0.15, 0.2) is 21.3 Å². The lowest BCUT2D eigenvalue weighted by atomic mass is 10.2. The van der Waals surface area contributed by atoms with Gasteiger partial charge in [-0.25, -0.2) is 23.4 Å². The first-order chi connectivity index (χ1) is 14.7. The Kier molecular flexibility index (Phi) is 6.06. The average molecular weight is 482 g/mol. The van der Waals surface area contributed by atoms with Crippen LogP contribution in [0.2, 0.25) is 0 Å². The SMILES string of the molecule is CCS(=O)(=O)C1=C(c2nc3cc(C(F)(F)F)cnc3n2C)N=CC(=NNCC(F)(F)F)C1.